The van der Waals surface area contributed by atoms with Crippen LogP contribution in [0.2, 0.25) is 0 Å². The molecule has 1 aliphatic rings. The lowest BCUT2D eigenvalue weighted by molar-refractivity contribution is -0.113. The summed E-state index contributed by atoms with van der Waals surface area (Å²) in [6, 6.07) is 13.0. The van der Waals surface area contributed by atoms with Crippen LogP contribution in [-0.4, -0.2) is 30.0 Å². The summed E-state index contributed by atoms with van der Waals surface area (Å²) in [5.41, 5.74) is 1.48. The average molecular weight is 444 g/mol. The van der Waals surface area contributed by atoms with Crippen LogP contribution in [0.5, 0.6) is 17.2 Å². The van der Waals surface area contributed by atoms with E-state index in [2.05, 4.69) is 6.92 Å². The molecule has 30 heavy (non-hydrogen) atoms. The zero-order valence-corrected chi connectivity index (χ0v) is 19.1. The fourth-order valence-corrected chi connectivity index (χ4v) is 4.21. The number of nitrogens with zero attached hydrogens (tertiary/aromatic N) is 1. The number of thiocarbonyl (C=S) groups is 1. The Morgan fingerprint density at radius 2 is 1.90 bits per heavy atom. The smallest absolute Gasteiger partial charge is 0.270 e. The molecule has 0 unspecified atom stereocenters. The molecule has 1 amide bonds. The van der Waals surface area contributed by atoms with Crippen molar-refractivity contribution in [3.8, 4) is 17.2 Å². The number of amides is 1. The maximum atomic E-state index is 13.1. The minimum Gasteiger partial charge on any atom is -0.495 e. The van der Waals surface area contributed by atoms with Gasteiger partial charge in [0.2, 0.25) is 0 Å². The zero-order valence-electron chi connectivity index (χ0n) is 17.5. The lowest BCUT2D eigenvalue weighted by atomic mass is 10.1. The van der Waals surface area contributed by atoms with Gasteiger partial charge in [0.05, 0.1) is 30.4 Å². The first-order valence-corrected chi connectivity index (χ1v) is 11.0. The van der Waals surface area contributed by atoms with E-state index in [-0.39, 0.29) is 12.0 Å². The van der Waals surface area contributed by atoms with Gasteiger partial charge in [-0.3, -0.25) is 9.69 Å². The molecule has 1 atom stereocenters. The van der Waals surface area contributed by atoms with E-state index < -0.39 is 0 Å². The van der Waals surface area contributed by atoms with Gasteiger partial charge in [0.1, 0.15) is 5.75 Å². The number of carbonyl (C=O) groups is 1. The van der Waals surface area contributed by atoms with E-state index in [1.54, 1.807) is 7.11 Å². The van der Waals surface area contributed by atoms with Gasteiger partial charge < -0.3 is 14.2 Å². The van der Waals surface area contributed by atoms with E-state index in [1.165, 1.54) is 16.7 Å². The Balaban J connectivity index is 1.90. The van der Waals surface area contributed by atoms with E-state index in [0.717, 1.165) is 12.0 Å². The van der Waals surface area contributed by atoms with Gasteiger partial charge in [-0.05, 0) is 56.2 Å². The van der Waals surface area contributed by atoms with E-state index in [0.29, 0.717) is 38.8 Å². The van der Waals surface area contributed by atoms with Crippen LogP contribution in [0, 0.1) is 0 Å². The van der Waals surface area contributed by atoms with Gasteiger partial charge in [-0.2, -0.15) is 0 Å². The van der Waals surface area contributed by atoms with Crippen molar-refractivity contribution in [2.45, 2.75) is 33.3 Å². The standard InChI is InChI=1S/C23H25NO4S2/c1-5-15(3)28-19-12-11-16(13-20(19)27-6-2)14-21-22(25)24(23(29)30-21)17-9-7-8-10-18(17)26-4/h7-15H,5-6H2,1-4H3/b21-14+/t15-/m0/s1. The van der Waals surface area contributed by atoms with Crippen molar-refractivity contribution < 1.29 is 19.0 Å². The Hall–Kier alpha value is -2.51. The number of thioether (sulfide) groups is 1. The molecule has 5 nitrogen and oxygen atoms in total. The molecule has 0 bridgehead atoms. The molecule has 1 saturated heterocycles. The third-order valence-corrected chi connectivity index (χ3v) is 5.89. The summed E-state index contributed by atoms with van der Waals surface area (Å²) in [4.78, 5) is 15.1. The summed E-state index contributed by atoms with van der Waals surface area (Å²) < 4.78 is 17.6. The largest absolute Gasteiger partial charge is 0.495 e. The second kappa shape index (κ2) is 10.00. The number of hydrogen-bond acceptors (Lipinski definition) is 6. The van der Waals surface area contributed by atoms with Crippen molar-refractivity contribution in [1.29, 1.82) is 0 Å². The summed E-state index contributed by atoms with van der Waals surface area (Å²) in [6.45, 7) is 6.55. The van der Waals surface area contributed by atoms with Crippen molar-refractivity contribution in [2.24, 2.45) is 0 Å². The van der Waals surface area contributed by atoms with Gasteiger partial charge in [-0.15, -0.1) is 0 Å². The highest BCUT2D eigenvalue weighted by atomic mass is 32.2. The molecule has 0 aromatic heterocycles. The second-order valence-corrected chi connectivity index (χ2v) is 8.34. The molecular weight excluding hydrogens is 418 g/mol. The van der Waals surface area contributed by atoms with Gasteiger partial charge in [0.15, 0.2) is 15.8 Å². The van der Waals surface area contributed by atoms with Gasteiger partial charge in [-0.25, -0.2) is 0 Å². The van der Waals surface area contributed by atoms with Crippen LogP contribution in [0.3, 0.4) is 0 Å². The Morgan fingerprint density at radius 3 is 2.60 bits per heavy atom. The number of rotatable bonds is 8. The molecule has 7 heteroatoms. The fraction of sp³-hybridized carbons (Fsp3) is 0.304. The molecule has 158 valence electrons. The first kappa shape index (κ1) is 22.2. The number of benzene rings is 2. The molecule has 3 rings (SSSR count). The molecular formula is C23H25NO4S2. The van der Waals surface area contributed by atoms with Crippen molar-refractivity contribution in [2.75, 3.05) is 18.6 Å². The molecule has 0 aliphatic carbocycles. The van der Waals surface area contributed by atoms with Crippen LogP contribution in [-0.2, 0) is 4.79 Å². The fourth-order valence-electron chi connectivity index (χ4n) is 2.92. The summed E-state index contributed by atoms with van der Waals surface area (Å²) in [5.74, 6) is 1.78. The molecule has 0 N–H and O–H groups in total. The van der Waals surface area contributed by atoms with Gasteiger partial charge >= 0.3 is 0 Å². The highest BCUT2D eigenvalue weighted by Crippen LogP contribution is 2.40. The number of ether oxygens (including phenoxy) is 3. The molecule has 1 aliphatic heterocycles. The summed E-state index contributed by atoms with van der Waals surface area (Å²) in [6.07, 6.45) is 2.82. The highest BCUT2D eigenvalue weighted by Gasteiger charge is 2.34. The van der Waals surface area contributed by atoms with Crippen LogP contribution >= 0.6 is 24.0 Å². The Labute approximate surface area is 187 Å². The SMILES string of the molecule is CCOc1cc(/C=C2/SC(=S)N(c3ccccc3OC)C2=O)ccc1O[C@@H](C)CC. The van der Waals surface area contributed by atoms with E-state index in [1.807, 2.05) is 62.4 Å². The average Bonchev–Trinajstić information content (AvgIpc) is 3.02. The normalized spacial score (nSPS) is 16.1. The van der Waals surface area contributed by atoms with Crippen molar-refractivity contribution >= 4 is 46.0 Å². The number of methoxy groups -OCH3 is 1. The lowest BCUT2D eigenvalue weighted by Crippen LogP contribution is -2.27. The van der Waals surface area contributed by atoms with Crippen LogP contribution in [0.25, 0.3) is 6.08 Å². The van der Waals surface area contributed by atoms with Crippen LogP contribution in [0.1, 0.15) is 32.8 Å². The number of carbonyl (C=O) groups excluding carboxylic acids is 1. The predicted octanol–water partition coefficient (Wildman–Crippen LogP) is 5.68. The summed E-state index contributed by atoms with van der Waals surface area (Å²) >= 11 is 6.75. The molecule has 1 fully saturated rings. The number of hydrogen-bond donors (Lipinski definition) is 0. The van der Waals surface area contributed by atoms with E-state index >= 15 is 0 Å². The molecule has 0 radical (unpaired) electrons. The van der Waals surface area contributed by atoms with Crippen LogP contribution in [0.4, 0.5) is 5.69 Å². The molecule has 2 aromatic carbocycles. The third kappa shape index (κ3) is 4.79. The predicted molar refractivity (Wildman–Crippen MR) is 127 cm³/mol. The Morgan fingerprint density at radius 1 is 1.13 bits per heavy atom. The minimum atomic E-state index is -0.174. The first-order chi connectivity index (χ1) is 14.5. The quantitative estimate of drug-likeness (QED) is 0.387. The Bertz CT molecular complexity index is 973. The van der Waals surface area contributed by atoms with Crippen molar-refractivity contribution in [1.82, 2.24) is 0 Å². The third-order valence-electron chi connectivity index (χ3n) is 4.59. The molecule has 0 spiro atoms. The first-order valence-electron chi connectivity index (χ1n) is 9.82. The number of anilines is 1. The monoisotopic (exact) mass is 443 g/mol. The molecule has 1 heterocycles. The van der Waals surface area contributed by atoms with E-state index in [9.17, 15) is 4.79 Å². The maximum absolute atomic E-state index is 13.1. The summed E-state index contributed by atoms with van der Waals surface area (Å²) in [5, 5.41) is 0. The second-order valence-electron chi connectivity index (χ2n) is 6.66. The molecule has 2 aromatic rings. The minimum absolute atomic E-state index is 0.0900. The van der Waals surface area contributed by atoms with Crippen molar-refractivity contribution in [3.63, 3.8) is 0 Å². The summed E-state index contributed by atoms with van der Waals surface area (Å²) in [7, 11) is 1.57. The topological polar surface area (TPSA) is 48.0 Å². The zero-order chi connectivity index (χ0) is 21.7. The van der Waals surface area contributed by atoms with Gasteiger partial charge in [0.25, 0.3) is 5.91 Å². The van der Waals surface area contributed by atoms with Crippen LogP contribution < -0.4 is 19.1 Å². The maximum Gasteiger partial charge on any atom is 0.270 e. The van der Waals surface area contributed by atoms with Gasteiger partial charge in [0, 0.05) is 0 Å². The lowest BCUT2D eigenvalue weighted by Gasteiger charge is -2.17. The highest BCUT2D eigenvalue weighted by molar-refractivity contribution is 8.27. The Kier molecular flexibility index (Phi) is 7.39. The van der Waals surface area contributed by atoms with Crippen LogP contribution in [0.15, 0.2) is 47.4 Å². The molecule has 0 saturated carbocycles. The van der Waals surface area contributed by atoms with Gasteiger partial charge in [-0.1, -0.05) is 49.1 Å². The van der Waals surface area contributed by atoms with E-state index in [4.69, 9.17) is 26.4 Å². The van der Waals surface area contributed by atoms with Crippen molar-refractivity contribution in [3.05, 3.63) is 52.9 Å². The number of para-hydroxylation sites is 2.